The smallest absolute Gasteiger partial charge is 0.126 e. The van der Waals surface area contributed by atoms with Gasteiger partial charge in [-0.1, -0.05) is 0 Å². The summed E-state index contributed by atoms with van der Waals surface area (Å²) in [5.74, 6) is 0.993. The lowest BCUT2D eigenvalue weighted by Gasteiger charge is -2.43. The molecule has 0 saturated carbocycles. The Balaban J connectivity index is 1.21. The molecule has 0 unspecified atom stereocenters. The van der Waals surface area contributed by atoms with Crippen molar-refractivity contribution in [2.75, 3.05) is 36.4 Å². The van der Waals surface area contributed by atoms with Crippen molar-refractivity contribution in [3.8, 4) is 6.07 Å². The number of hydrogen-bond acceptors (Lipinski definition) is 7. The molecule has 0 bridgehead atoms. The lowest BCUT2D eigenvalue weighted by atomic mass is 9.97. The van der Waals surface area contributed by atoms with E-state index in [1.807, 2.05) is 12.1 Å². The topological polar surface area (TPSA) is 80.1 Å². The number of rotatable bonds is 3. The third-order valence-corrected chi connectivity index (χ3v) is 7.83. The number of fused-ring (bicyclic) bond motifs is 3. The van der Waals surface area contributed by atoms with Gasteiger partial charge in [-0.25, -0.2) is 4.98 Å². The van der Waals surface area contributed by atoms with Crippen molar-refractivity contribution in [1.82, 2.24) is 20.2 Å². The highest BCUT2D eigenvalue weighted by molar-refractivity contribution is 5.95. The van der Waals surface area contributed by atoms with Crippen LogP contribution in [0.5, 0.6) is 0 Å². The molecule has 3 aliphatic heterocycles. The molecule has 0 amide bonds. The number of piperazine rings is 1. The summed E-state index contributed by atoms with van der Waals surface area (Å²) in [6.45, 7) is 8.59. The van der Waals surface area contributed by atoms with Crippen molar-refractivity contribution < 1.29 is 0 Å². The average Bonchev–Trinajstić information content (AvgIpc) is 3.27. The Bertz CT molecular complexity index is 1270. The number of anilines is 2. The van der Waals surface area contributed by atoms with E-state index in [-0.39, 0.29) is 0 Å². The van der Waals surface area contributed by atoms with E-state index in [1.165, 1.54) is 16.8 Å². The molecule has 2 fully saturated rings. The van der Waals surface area contributed by atoms with Crippen molar-refractivity contribution >= 4 is 22.4 Å². The van der Waals surface area contributed by atoms with E-state index in [2.05, 4.69) is 69.7 Å². The van der Waals surface area contributed by atoms with E-state index in [4.69, 9.17) is 4.98 Å². The Kier molecular flexibility index (Phi) is 5.35. The fourth-order valence-corrected chi connectivity index (χ4v) is 6.17. The summed E-state index contributed by atoms with van der Waals surface area (Å²) in [5.41, 5.74) is 5.36. The second-order valence-corrected chi connectivity index (χ2v) is 10.0. The average molecular weight is 454 g/mol. The molecule has 2 saturated heterocycles. The zero-order valence-corrected chi connectivity index (χ0v) is 19.8. The number of hydrogen-bond donors (Lipinski definition) is 2. The van der Waals surface area contributed by atoms with Crippen molar-refractivity contribution in [2.24, 2.45) is 0 Å². The monoisotopic (exact) mass is 453 g/mol. The molecule has 34 heavy (non-hydrogen) atoms. The van der Waals surface area contributed by atoms with Gasteiger partial charge in [0.05, 0.1) is 11.1 Å². The largest absolute Gasteiger partial charge is 0.368 e. The maximum atomic E-state index is 9.51. The molecule has 1 aromatic carbocycles. The Hall–Kier alpha value is -3.21. The molecule has 4 atom stereocenters. The van der Waals surface area contributed by atoms with Gasteiger partial charge in [-0.15, -0.1) is 0 Å². The van der Waals surface area contributed by atoms with Crippen LogP contribution in [0, 0.1) is 11.3 Å². The Morgan fingerprint density at radius 3 is 2.94 bits per heavy atom. The maximum absolute atomic E-state index is 9.51. The summed E-state index contributed by atoms with van der Waals surface area (Å²) < 4.78 is 0. The van der Waals surface area contributed by atoms with E-state index in [9.17, 15) is 5.26 Å². The van der Waals surface area contributed by atoms with Crippen LogP contribution in [0.1, 0.15) is 43.0 Å². The Morgan fingerprint density at radius 1 is 1.15 bits per heavy atom. The first-order valence-electron chi connectivity index (χ1n) is 12.4. The van der Waals surface area contributed by atoms with Gasteiger partial charge in [0.1, 0.15) is 11.9 Å². The van der Waals surface area contributed by atoms with Gasteiger partial charge in [-0.3, -0.25) is 9.88 Å². The van der Waals surface area contributed by atoms with Crippen molar-refractivity contribution in [3.63, 3.8) is 0 Å². The Morgan fingerprint density at radius 2 is 2.06 bits per heavy atom. The summed E-state index contributed by atoms with van der Waals surface area (Å²) in [6.07, 6.45) is 5.98. The number of nitrogens with zero attached hydrogens (tertiary/aromatic N) is 5. The van der Waals surface area contributed by atoms with Crippen LogP contribution < -0.4 is 15.5 Å². The highest BCUT2D eigenvalue weighted by Gasteiger charge is 2.40. The van der Waals surface area contributed by atoms with E-state index >= 15 is 0 Å². The molecule has 0 aliphatic carbocycles. The molecule has 3 aromatic rings. The van der Waals surface area contributed by atoms with E-state index in [0.717, 1.165) is 55.7 Å². The number of nitriles is 1. The fraction of sp³-hybridized carbons (Fsp3) is 0.444. The summed E-state index contributed by atoms with van der Waals surface area (Å²) in [4.78, 5) is 14.4. The second-order valence-electron chi connectivity index (χ2n) is 10.0. The third kappa shape index (κ3) is 3.67. The van der Waals surface area contributed by atoms with Gasteiger partial charge in [0.25, 0.3) is 0 Å². The van der Waals surface area contributed by atoms with Crippen LogP contribution in [0.25, 0.3) is 10.9 Å². The number of nitrogens with one attached hydrogen (secondary N) is 2. The predicted molar refractivity (Wildman–Crippen MR) is 135 cm³/mol. The van der Waals surface area contributed by atoms with Crippen molar-refractivity contribution in [2.45, 2.75) is 50.9 Å². The zero-order chi connectivity index (χ0) is 23.2. The molecule has 174 valence electrons. The molecule has 6 rings (SSSR count). The summed E-state index contributed by atoms with van der Waals surface area (Å²) in [7, 11) is 0. The van der Waals surface area contributed by atoms with Crippen LogP contribution in [0.3, 0.4) is 0 Å². The van der Waals surface area contributed by atoms with Crippen molar-refractivity contribution in [1.29, 1.82) is 5.26 Å². The highest BCUT2D eigenvalue weighted by Crippen LogP contribution is 2.34. The standard InChI is InChI=1S/C27H31N7/c1-17-14-33(25-6-5-19(12-28)27-23(25)4-3-8-30-27)16-22-10-21(15-34(17)22)32-26-11-24-18(2)29-9-7-20(24)13-31-26/h3-6,8,11,13,17-18,21-22,29H,7,9-10,14-16H2,1-2H3,(H,31,32)/t17-,18-,21-,22+/m1/s1. The van der Waals surface area contributed by atoms with Gasteiger partial charge in [-0.2, -0.15) is 5.26 Å². The molecule has 2 N–H and O–H groups in total. The molecule has 5 heterocycles. The number of aromatic nitrogens is 2. The predicted octanol–water partition coefficient (Wildman–Crippen LogP) is 3.47. The first-order valence-corrected chi connectivity index (χ1v) is 12.4. The molecule has 7 heteroatoms. The minimum Gasteiger partial charge on any atom is -0.368 e. The van der Waals surface area contributed by atoms with E-state index in [0.29, 0.717) is 29.7 Å². The molecule has 0 spiro atoms. The van der Waals surface area contributed by atoms with Gasteiger partial charge in [0.2, 0.25) is 0 Å². The normalized spacial score (nSPS) is 26.7. The van der Waals surface area contributed by atoms with Crippen LogP contribution in [0.15, 0.2) is 42.7 Å². The van der Waals surface area contributed by atoms with E-state index in [1.54, 1.807) is 6.20 Å². The first kappa shape index (κ1) is 21.3. The SMILES string of the molecule is C[C@@H]1CN(c2ccc(C#N)c3ncccc23)C[C@@H]2C[C@@H](Nc3cc4c(cn3)CCN[C@@H]4C)CN21. The lowest BCUT2D eigenvalue weighted by Crippen LogP contribution is -2.55. The molecule has 2 aromatic heterocycles. The molecule has 0 radical (unpaired) electrons. The van der Waals surface area contributed by atoms with Gasteiger partial charge in [-0.05, 0) is 74.7 Å². The molecule has 3 aliphatic rings. The van der Waals surface area contributed by atoms with Gasteiger partial charge in [0.15, 0.2) is 0 Å². The van der Waals surface area contributed by atoms with Crippen LogP contribution in [0.4, 0.5) is 11.5 Å². The minimum absolute atomic E-state index is 0.382. The summed E-state index contributed by atoms with van der Waals surface area (Å²) >= 11 is 0. The highest BCUT2D eigenvalue weighted by atomic mass is 15.3. The minimum atomic E-state index is 0.382. The second kappa shape index (κ2) is 8.53. The van der Waals surface area contributed by atoms with E-state index < -0.39 is 0 Å². The quantitative estimate of drug-likeness (QED) is 0.629. The molecular weight excluding hydrogens is 422 g/mol. The maximum Gasteiger partial charge on any atom is 0.126 e. The van der Waals surface area contributed by atoms with Gasteiger partial charge < -0.3 is 15.5 Å². The lowest BCUT2D eigenvalue weighted by molar-refractivity contribution is 0.166. The first-order chi connectivity index (χ1) is 16.6. The number of pyridine rings is 2. The van der Waals surface area contributed by atoms with Gasteiger partial charge >= 0.3 is 0 Å². The Labute approximate surface area is 200 Å². The fourth-order valence-electron chi connectivity index (χ4n) is 6.17. The summed E-state index contributed by atoms with van der Waals surface area (Å²) in [5, 5.41) is 17.9. The zero-order valence-electron chi connectivity index (χ0n) is 19.8. The van der Waals surface area contributed by atoms with Gasteiger partial charge in [0, 0.05) is 67.3 Å². The van der Waals surface area contributed by atoms with Crippen LogP contribution in [-0.2, 0) is 6.42 Å². The third-order valence-electron chi connectivity index (χ3n) is 7.83. The molecule has 7 nitrogen and oxygen atoms in total. The van der Waals surface area contributed by atoms with Crippen LogP contribution in [0.2, 0.25) is 0 Å². The van der Waals surface area contributed by atoms with Crippen LogP contribution in [-0.4, -0.2) is 59.2 Å². The van der Waals surface area contributed by atoms with Crippen molar-refractivity contribution in [3.05, 3.63) is 59.4 Å². The number of benzene rings is 1. The summed E-state index contributed by atoms with van der Waals surface area (Å²) in [6, 6.07) is 14.3. The molecular formula is C27H31N7. The van der Waals surface area contributed by atoms with Crippen LogP contribution >= 0.6 is 0 Å².